The Morgan fingerprint density at radius 2 is 2.07 bits per heavy atom. The predicted octanol–water partition coefficient (Wildman–Crippen LogP) is 4.19. The molecule has 0 N–H and O–H groups in total. The molecule has 0 fully saturated rings. The molecule has 72 valence electrons. The van der Waals surface area contributed by atoms with Crippen LogP contribution in [0.25, 0.3) is 10.6 Å². The van der Waals surface area contributed by atoms with Gasteiger partial charge in [-0.05, 0) is 31.5 Å². The van der Waals surface area contributed by atoms with E-state index in [9.17, 15) is 0 Å². The quantitative estimate of drug-likeness (QED) is 0.755. The average molecular weight is 268 g/mol. The van der Waals surface area contributed by atoms with Gasteiger partial charge in [-0.15, -0.1) is 11.3 Å². The summed E-state index contributed by atoms with van der Waals surface area (Å²) in [7, 11) is 0. The SMILES string of the molecule is Cc1csc(-c2ccc(Br)c(C)c2)n1. The third-order valence-electron chi connectivity index (χ3n) is 2.02. The fourth-order valence-corrected chi connectivity index (χ4v) is 2.31. The van der Waals surface area contributed by atoms with E-state index in [0.717, 1.165) is 15.2 Å². The fraction of sp³-hybridized carbons (Fsp3) is 0.182. The standard InChI is InChI=1S/C11H10BrNS/c1-7-5-9(3-4-10(7)12)11-13-8(2)6-14-11/h3-6H,1-2H3. The number of hydrogen-bond acceptors (Lipinski definition) is 2. The van der Waals surface area contributed by atoms with Crippen molar-refractivity contribution in [3.8, 4) is 10.6 Å². The second kappa shape index (κ2) is 3.83. The summed E-state index contributed by atoms with van der Waals surface area (Å²) in [4.78, 5) is 4.45. The van der Waals surface area contributed by atoms with E-state index >= 15 is 0 Å². The summed E-state index contributed by atoms with van der Waals surface area (Å²) in [6.07, 6.45) is 0. The summed E-state index contributed by atoms with van der Waals surface area (Å²) in [6.45, 7) is 4.11. The highest BCUT2D eigenvalue weighted by Gasteiger charge is 2.03. The van der Waals surface area contributed by atoms with Crippen molar-refractivity contribution in [2.75, 3.05) is 0 Å². The van der Waals surface area contributed by atoms with Crippen molar-refractivity contribution in [2.45, 2.75) is 13.8 Å². The highest BCUT2D eigenvalue weighted by atomic mass is 79.9. The lowest BCUT2D eigenvalue weighted by atomic mass is 10.1. The van der Waals surface area contributed by atoms with E-state index in [4.69, 9.17) is 0 Å². The number of rotatable bonds is 1. The van der Waals surface area contributed by atoms with E-state index in [-0.39, 0.29) is 0 Å². The van der Waals surface area contributed by atoms with E-state index in [1.165, 1.54) is 11.1 Å². The first-order valence-electron chi connectivity index (χ1n) is 4.35. The molecule has 3 heteroatoms. The second-order valence-electron chi connectivity index (χ2n) is 3.26. The van der Waals surface area contributed by atoms with Crippen molar-refractivity contribution in [3.05, 3.63) is 39.3 Å². The lowest BCUT2D eigenvalue weighted by Gasteiger charge is -2.00. The van der Waals surface area contributed by atoms with Crippen LogP contribution in [-0.4, -0.2) is 4.98 Å². The number of aryl methyl sites for hydroxylation is 2. The third kappa shape index (κ3) is 1.88. The van der Waals surface area contributed by atoms with Gasteiger partial charge in [-0.25, -0.2) is 4.98 Å². The van der Waals surface area contributed by atoms with Crippen LogP contribution in [0.1, 0.15) is 11.3 Å². The van der Waals surface area contributed by atoms with Crippen LogP contribution in [0, 0.1) is 13.8 Å². The van der Waals surface area contributed by atoms with Crippen molar-refractivity contribution in [2.24, 2.45) is 0 Å². The molecule has 1 aromatic heterocycles. The Morgan fingerprint density at radius 3 is 2.64 bits per heavy atom. The van der Waals surface area contributed by atoms with Crippen LogP contribution in [0.5, 0.6) is 0 Å². The normalized spacial score (nSPS) is 10.5. The van der Waals surface area contributed by atoms with E-state index in [1.807, 2.05) is 6.92 Å². The minimum Gasteiger partial charge on any atom is -0.241 e. The average Bonchev–Trinajstić information content (AvgIpc) is 2.57. The smallest absolute Gasteiger partial charge is 0.123 e. The molecule has 0 saturated carbocycles. The Bertz CT molecular complexity index is 462. The van der Waals surface area contributed by atoms with Gasteiger partial charge in [-0.3, -0.25) is 0 Å². The minimum absolute atomic E-state index is 1.09. The molecule has 0 aliphatic heterocycles. The first kappa shape index (κ1) is 9.87. The summed E-state index contributed by atoms with van der Waals surface area (Å²) in [5, 5.41) is 3.17. The minimum atomic E-state index is 1.09. The van der Waals surface area contributed by atoms with Crippen molar-refractivity contribution in [3.63, 3.8) is 0 Å². The third-order valence-corrected chi connectivity index (χ3v) is 3.92. The molecule has 1 nitrogen and oxygen atoms in total. The molecule has 0 unspecified atom stereocenters. The lowest BCUT2D eigenvalue weighted by Crippen LogP contribution is -1.80. The number of halogens is 1. The summed E-state index contributed by atoms with van der Waals surface area (Å²) in [6, 6.07) is 6.32. The maximum atomic E-state index is 4.45. The molecular weight excluding hydrogens is 258 g/mol. The first-order chi connectivity index (χ1) is 6.66. The maximum Gasteiger partial charge on any atom is 0.123 e. The summed E-state index contributed by atoms with van der Waals surface area (Å²) < 4.78 is 1.15. The van der Waals surface area contributed by atoms with Gasteiger partial charge in [0.15, 0.2) is 0 Å². The Morgan fingerprint density at radius 1 is 1.29 bits per heavy atom. The van der Waals surface area contributed by atoms with Crippen molar-refractivity contribution in [1.29, 1.82) is 0 Å². The van der Waals surface area contributed by atoms with E-state index in [0.29, 0.717) is 0 Å². The van der Waals surface area contributed by atoms with Crippen molar-refractivity contribution < 1.29 is 0 Å². The molecule has 2 aromatic rings. The lowest BCUT2D eigenvalue weighted by molar-refractivity contribution is 1.26. The monoisotopic (exact) mass is 267 g/mol. The van der Waals surface area contributed by atoms with Gasteiger partial charge in [-0.2, -0.15) is 0 Å². The van der Waals surface area contributed by atoms with Crippen LogP contribution in [0.4, 0.5) is 0 Å². The van der Waals surface area contributed by atoms with Gasteiger partial charge in [0.2, 0.25) is 0 Å². The van der Waals surface area contributed by atoms with Crippen molar-refractivity contribution >= 4 is 27.3 Å². The van der Waals surface area contributed by atoms with Crippen LogP contribution in [-0.2, 0) is 0 Å². The Kier molecular flexibility index (Phi) is 2.70. The molecule has 0 saturated heterocycles. The van der Waals surface area contributed by atoms with Crippen LogP contribution in [0.2, 0.25) is 0 Å². The van der Waals surface area contributed by atoms with E-state index in [2.05, 4.69) is 51.4 Å². The van der Waals surface area contributed by atoms with Crippen LogP contribution in [0.15, 0.2) is 28.1 Å². The number of thiazole rings is 1. The summed E-state index contributed by atoms with van der Waals surface area (Å²) in [5.41, 5.74) is 3.53. The predicted molar refractivity (Wildman–Crippen MR) is 64.7 cm³/mol. The molecule has 0 aliphatic rings. The topological polar surface area (TPSA) is 12.9 Å². The number of aromatic nitrogens is 1. The number of hydrogen-bond donors (Lipinski definition) is 0. The fourth-order valence-electron chi connectivity index (χ4n) is 1.26. The van der Waals surface area contributed by atoms with Gasteiger partial charge >= 0.3 is 0 Å². The molecule has 1 aromatic carbocycles. The molecule has 0 radical (unpaired) electrons. The summed E-state index contributed by atoms with van der Waals surface area (Å²) in [5.74, 6) is 0. The summed E-state index contributed by atoms with van der Waals surface area (Å²) >= 11 is 5.18. The molecule has 0 amide bonds. The zero-order chi connectivity index (χ0) is 10.1. The van der Waals surface area contributed by atoms with Gasteiger partial charge in [0.1, 0.15) is 5.01 Å². The first-order valence-corrected chi connectivity index (χ1v) is 6.03. The maximum absolute atomic E-state index is 4.45. The zero-order valence-electron chi connectivity index (χ0n) is 8.04. The van der Waals surface area contributed by atoms with Gasteiger partial charge in [-0.1, -0.05) is 22.0 Å². The molecule has 14 heavy (non-hydrogen) atoms. The van der Waals surface area contributed by atoms with Gasteiger partial charge < -0.3 is 0 Å². The highest BCUT2D eigenvalue weighted by Crippen LogP contribution is 2.27. The van der Waals surface area contributed by atoms with Gasteiger partial charge in [0.25, 0.3) is 0 Å². The second-order valence-corrected chi connectivity index (χ2v) is 4.97. The van der Waals surface area contributed by atoms with Crippen molar-refractivity contribution in [1.82, 2.24) is 4.98 Å². The zero-order valence-corrected chi connectivity index (χ0v) is 10.4. The number of benzene rings is 1. The molecule has 0 spiro atoms. The molecule has 2 rings (SSSR count). The van der Waals surface area contributed by atoms with E-state index < -0.39 is 0 Å². The number of nitrogens with zero attached hydrogens (tertiary/aromatic N) is 1. The Balaban J connectivity index is 2.47. The van der Waals surface area contributed by atoms with Gasteiger partial charge in [0.05, 0.1) is 0 Å². The molecular formula is C11H10BrNS. The van der Waals surface area contributed by atoms with E-state index in [1.54, 1.807) is 11.3 Å². The molecule has 1 heterocycles. The van der Waals surface area contributed by atoms with Crippen LogP contribution < -0.4 is 0 Å². The molecule has 0 aliphatic carbocycles. The largest absolute Gasteiger partial charge is 0.241 e. The highest BCUT2D eigenvalue weighted by molar-refractivity contribution is 9.10. The Labute approximate surface area is 95.9 Å². The molecule has 0 bridgehead atoms. The van der Waals surface area contributed by atoms with Gasteiger partial charge in [0, 0.05) is 21.1 Å². The van der Waals surface area contributed by atoms with Crippen LogP contribution >= 0.6 is 27.3 Å². The van der Waals surface area contributed by atoms with Crippen LogP contribution in [0.3, 0.4) is 0 Å². The molecule has 0 atom stereocenters. The Hall–Kier alpha value is -0.670.